The number of carboxylic acid groups (broad SMARTS) is 1. The molecule has 0 bridgehead atoms. The molecule has 0 saturated heterocycles. The van der Waals surface area contributed by atoms with Gasteiger partial charge in [-0.3, -0.25) is 9.59 Å². The summed E-state index contributed by atoms with van der Waals surface area (Å²) in [5.41, 5.74) is -0.00966. The molecular weight excluding hydrogens is 343 g/mol. The third kappa shape index (κ3) is 4.08. The topological polar surface area (TPSA) is 54.4 Å². The van der Waals surface area contributed by atoms with Crippen molar-refractivity contribution >= 4 is 34.3 Å². The average Bonchev–Trinajstić information content (AvgIpc) is 2.31. The molecule has 1 rings (SSSR count). The van der Waals surface area contributed by atoms with Gasteiger partial charge >= 0.3 is 5.97 Å². The number of ketones is 1. The van der Waals surface area contributed by atoms with Crippen molar-refractivity contribution in [2.24, 2.45) is 5.41 Å². The van der Waals surface area contributed by atoms with Crippen LogP contribution < -0.4 is 0 Å². The summed E-state index contributed by atoms with van der Waals surface area (Å²) in [6.45, 7) is 3.42. The summed E-state index contributed by atoms with van der Waals surface area (Å²) in [5, 5.41) is 9.13. The Labute approximate surface area is 121 Å². The molecule has 0 radical (unpaired) electrons. The van der Waals surface area contributed by atoms with E-state index in [2.05, 4.69) is 22.6 Å². The molecule has 3 nitrogen and oxygen atoms in total. The van der Waals surface area contributed by atoms with Crippen molar-refractivity contribution in [1.82, 2.24) is 0 Å². The van der Waals surface area contributed by atoms with Crippen LogP contribution in [0.5, 0.6) is 0 Å². The molecule has 0 fully saturated rings. The number of carbonyl (C=O) groups excluding carboxylic acids is 1. The molecule has 0 heterocycles. The first kappa shape index (κ1) is 15.1. The van der Waals surface area contributed by atoms with Gasteiger partial charge in [0.1, 0.15) is 5.78 Å². The molecule has 0 aliphatic carbocycles. The van der Waals surface area contributed by atoms with Crippen molar-refractivity contribution in [3.8, 4) is 0 Å². The number of aliphatic carboxylic acids is 1. The summed E-state index contributed by atoms with van der Waals surface area (Å²) < 4.78 is 1.12. The smallest absolute Gasteiger partial charge is 0.309 e. The lowest BCUT2D eigenvalue weighted by Gasteiger charge is -2.21. The number of hydrogen-bond donors (Lipinski definition) is 1. The van der Waals surface area contributed by atoms with E-state index in [1.54, 1.807) is 13.8 Å². The van der Waals surface area contributed by atoms with Gasteiger partial charge in [-0.25, -0.2) is 0 Å². The van der Waals surface area contributed by atoms with Gasteiger partial charge in [0.15, 0.2) is 0 Å². The quantitative estimate of drug-likeness (QED) is 0.792. The van der Waals surface area contributed by atoms with Gasteiger partial charge in [-0.05, 0) is 53.6 Å². The number of benzene rings is 1. The van der Waals surface area contributed by atoms with Gasteiger partial charge in [0.2, 0.25) is 0 Å². The van der Waals surface area contributed by atoms with Crippen LogP contribution in [0.15, 0.2) is 24.3 Å². The molecule has 0 aliphatic heterocycles. The Morgan fingerprint density at radius 3 is 2.28 bits per heavy atom. The zero-order valence-corrected chi connectivity index (χ0v) is 12.7. The van der Waals surface area contributed by atoms with Gasteiger partial charge in [0, 0.05) is 16.4 Å². The van der Waals surface area contributed by atoms with E-state index in [0.29, 0.717) is 12.8 Å². The summed E-state index contributed by atoms with van der Waals surface area (Å²) in [7, 11) is 0. The zero-order chi connectivity index (χ0) is 13.8. The van der Waals surface area contributed by atoms with Crippen molar-refractivity contribution in [2.75, 3.05) is 0 Å². The van der Waals surface area contributed by atoms with Crippen LogP contribution in [0.25, 0.3) is 0 Å². The van der Waals surface area contributed by atoms with Crippen LogP contribution in [-0.2, 0) is 16.0 Å². The van der Waals surface area contributed by atoms with Gasteiger partial charge in [0.25, 0.3) is 0 Å². The largest absolute Gasteiger partial charge is 0.481 e. The number of hydrogen-bond acceptors (Lipinski definition) is 2. The lowest BCUT2D eigenvalue weighted by atomic mass is 9.81. The minimum absolute atomic E-state index is 0.0250. The Hall–Kier alpha value is -0.910. The van der Waals surface area contributed by atoms with Gasteiger partial charge < -0.3 is 5.11 Å². The molecule has 0 aromatic heterocycles. The van der Waals surface area contributed by atoms with Crippen LogP contribution in [-0.4, -0.2) is 16.9 Å². The third-order valence-electron chi connectivity index (χ3n) is 3.20. The van der Waals surface area contributed by atoms with E-state index < -0.39 is 11.4 Å². The van der Waals surface area contributed by atoms with E-state index in [0.717, 1.165) is 9.13 Å². The second kappa shape index (κ2) is 6.31. The van der Waals surface area contributed by atoms with Crippen molar-refractivity contribution in [1.29, 1.82) is 0 Å². The van der Waals surface area contributed by atoms with Crippen molar-refractivity contribution in [3.63, 3.8) is 0 Å². The van der Waals surface area contributed by atoms with Crippen molar-refractivity contribution < 1.29 is 14.7 Å². The molecular formula is C14H17IO3. The summed E-state index contributed by atoms with van der Waals surface area (Å²) in [4.78, 5) is 23.0. The standard InChI is InChI=1S/C14H17IO3/c1-3-14(2,13(17)18)9-12(16)8-10-4-6-11(15)7-5-10/h4-7H,3,8-9H2,1-2H3,(H,17,18)/t14-/m1/s1. The molecule has 1 aromatic rings. The fraction of sp³-hybridized carbons (Fsp3) is 0.429. The Morgan fingerprint density at radius 2 is 1.83 bits per heavy atom. The fourth-order valence-corrected chi connectivity index (χ4v) is 2.04. The minimum Gasteiger partial charge on any atom is -0.481 e. The minimum atomic E-state index is -0.944. The van der Waals surface area contributed by atoms with Crippen molar-refractivity contribution in [3.05, 3.63) is 33.4 Å². The Morgan fingerprint density at radius 1 is 1.28 bits per heavy atom. The molecule has 1 N–H and O–H groups in total. The van der Waals surface area contributed by atoms with Crippen LogP contribution in [0.2, 0.25) is 0 Å². The van der Waals surface area contributed by atoms with Gasteiger partial charge in [-0.15, -0.1) is 0 Å². The second-order valence-electron chi connectivity index (χ2n) is 4.74. The van der Waals surface area contributed by atoms with Crippen molar-refractivity contribution in [2.45, 2.75) is 33.1 Å². The average molecular weight is 360 g/mol. The number of halogens is 1. The number of carboxylic acids is 1. The molecule has 98 valence electrons. The maximum Gasteiger partial charge on any atom is 0.309 e. The van der Waals surface area contributed by atoms with E-state index >= 15 is 0 Å². The summed E-state index contributed by atoms with van der Waals surface area (Å²) in [5.74, 6) is -0.927. The number of rotatable bonds is 6. The van der Waals surface area contributed by atoms with E-state index in [4.69, 9.17) is 5.11 Å². The first-order chi connectivity index (χ1) is 8.37. The predicted molar refractivity (Wildman–Crippen MR) is 78.5 cm³/mol. The lowest BCUT2D eigenvalue weighted by molar-refractivity contribution is -0.150. The molecule has 1 atom stereocenters. The lowest BCUT2D eigenvalue weighted by Crippen LogP contribution is -2.30. The molecule has 1 aromatic carbocycles. The molecule has 4 heteroatoms. The monoisotopic (exact) mass is 360 g/mol. The highest BCUT2D eigenvalue weighted by Gasteiger charge is 2.33. The first-order valence-corrected chi connectivity index (χ1v) is 6.95. The molecule has 0 spiro atoms. The van der Waals surface area contributed by atoms with Gasteiger partial charge in [-0.1, -0.05) is 19.1 Å². The Balaban J connectivity index is 2.66. The molecule has 0 aliphatic rings. The third-order valence-corrected chi connectivity index (χ3v) is 3.92. The fourth-order valence-electron chi connectivity index (χ4n) is 1.68. The number of Topliss-reactive ketones (excluding diaryl/α,β-unsaturated/α-hetero) is 1. The van der Waals surface area contributed by atoms with Gasteiger partial charge in [0.05, 0.1) is 5.41 Å². The normalized spacial score (nSPS) is 13.9. The first-order valence-electron chi connectivity index (χ1n) is 5.87. The Bertz CT molecular complexity index is 439. The highest BCUT2D eigenvalue weighted by Crippen LogP contribution is 2.27. The molecule has 0 unspecified atom stereocenters. The molecule has 0 saturated carbocycles. The Kier molecular flexibility index (Phi) is 5.31. The number of carbonyl (C=O) groups is 2. The second-order valence-corrected chi connectivity index (χ2v) is 5.98. The highest BCUT2D eigenvalue weighted by molar-refractivity contribution is 14.1. The van der Waals surface area contributed by atoms with E-state index in [-0.39, 0.29) is 12.2 Å². The van der Waals surface area contributed by atoms with Crippen LogP contribution in [0.4, 0.5) is 0 Å². The van der Waals surface area contributed by atoms with E-state index in [9.17, 15) is 9.59 Å². The molecule has 18 heavy (non-hydrogen) atoms. The van der Waals surface area contributed by atoms with Crippen LogP contribution in [0.3, 0.4) is 0 Å². The maximum atomic E-state index is 11.9. The molecule has 0 amide bonds. The van der Waals surface area contributed by atoms with E-state index in [1.165, 1.54) is 0 Å². The summed E-state index contributed by atoms with van der Waals surface area (Å²) in [6, 6.07) is 7.70. The van der Waals surface area contributed by atoms with Gasteiger partial charge in [-0.2, -0.15) is 0 Å². The van der Waals surface area contributed by atoms with Crippen LogP contribution in [0, 0.1) is 8.99 Å². The summed E-state index contributed by atoms with van der Waals surface area (Å²) >= 11 is 2.20. The van der Waals surface area contributed by atoms with Crippen LogP contribution in [0.1, 0.15) is 32.3 Å². The van der Waals surface area contributed by atoms with Crippen LogP contribution >= 0.6 is 22.6 Å². The highest BCUT2D eigenvalue weighted by atomic mass is 127. The van der Waals surface area contributed by atoms with E-state index in [1.807, 2.05) is 24.3 Å². The maximum absolute atomic E-state index is 11.9. The zero-order valence-electron chi connectivity index (χ0n) is 10.6. The summed E-state index contributed by atoms with van der Waals surface area (Å²) in [6.07, 6.45) is 0.853. The predicted octanol–water partition coefficient (Wildman–Crippen LogP) is 3.29. The SMILES string of the molecule is CC[C@](C)(CC(=O)Cc1ccc(I)cc1)C(=O)O.